The van der Waals surface area contributed by atoms with Gasteiger partial charge in [0, 0.05) is 41.4 Å². The summed E-state index contributed by atoms with van der Waals surface area (Å²) in [5.41, 5.74) is 0.536. The van der Waals surface area contributed by atoms with Gasteiger partial charge in [-0.2, -0.15) is 0 Å². The molecule has 110 valence electrons. The third kappa shape index (κ3) is 3.58. The molecule has 6 nitrogen and oxygen atoms in total. The first-order chi connectivity index (χ1) is 9.00. The number of hydrogen-bond acceptors (Lipinski definition) is 4. The Bertz CT molecular complexity index is 527. The van der Waals surface area contributed by atoms with Crippen LogP contribution in [0.15, 0.2) is 18.2 Å². The summed E-state index contributed by atoms with van der Waals surface area (Å²) < 4.78 is 0.613. The number of piperazine rings is 1. The minimum absolute atomic E-state index is 0. The number of nitrogens with zero attached hydrogens (tertiary/aromatic N) is 2. The second-order valence-corrected chi connectivity index (χ2v) is 5.64. The lowest BCUT2D eigenvalue weighted by Crippen LogP contribution is -2.52. The van der Waals surface area contributed by atoms with Crippen molar-refractivity contribution in [3.63, 3.8) is 0 Å². The van der Waals surface area contributed by atoms with E-state index in [0.29, 0.717) is 15.7 Å². The van der Waals surface area contributed by atoms with Gasteiger partial charge >= 0.3 is 0 Å². The smallest absolute Gasteiger partial charge is 0.270 e. The van der Waals surface area contributed by atoms with E-state index < -0.39 is 4.92 Å². The van der Waals surface area contributed by atoms with Crippen LogP contribution in [0, 0.1) is 13.7 Å². The van der Waals surface area contributed by atoms with Gasteiger partial charge in [0.15, 0.2) is 0 Å². The van der Waals surface area contributed by atoms with Gasteiger partial charge in [0.1, 0.15) is 0 Å². The van der Waals surface area contributed by atoms with Crippen LogP contribution in [0.25, 0.3) is 0 Å². The number of carbonyl (C=O) groups excluding carboxylic acids is 1. The zero-order valence-corrected chi connectivity index (χ0v) is 13.8. The molecule has 1 aromatic rings. The van der Waals surface area contributed by atoms with E-state index in [-0.39, 0.29) is 30.0 Å². The Morgan fingerprint density at radius 2 is 2.25 bits per heavy atom. The van der Waals surface area contributed by atoms with E-state index in [1.54, 1.807) is 4.90 Å². The van der Waals surface area contributed by atoms with Crippen molar-refractivity contribution in [3.05, 3.63) is 37.4 Å². The predicted molar refractivity (Wildman–Crippen MR) is 86.4 cm³/mol. The SMILES string of the molecule is CC1CNCCN1C(=O)c1ccc([N+](=O)[O-])cc1I.Cl. The van der Waals surface area contributed by atoms with Gasteiger partial charge in [-0.3, -0.25) is 14.9 Å². The largest absolute Gasteiger partial charge is 0.333 e. The third-order valence-electron chi connectivity index (χ3n) is 3.16. The molecule has 1 aliphatic heterocycles. The van der Waals surface area contributed by atoms with E-state index >= 15 is 0 Å². The van der Waals surface area contributed by atoms with Crippen LogP contribution < -0.4 is 5.32 Å². The van der Waals surface area contributed by atoms with Crippen molar-refractivity contribution >= 4 is 46.6 Å². The summed E-state index contributed by atoms with van der Waals surface area (Å²) in [6.07, 6.45) is 0. The lowest BCUT2D eigenvalue weighted by atomic mass is 10.1. The van der Waals surface area contributed by atoms with E-state index in [1.165, 1.54) is 18.2 Å². The Morgan fingerprint density at radius 3 is 2.80 bits per heavy atom. The first kappa shape index (κ1) is 17.1. The molecule has 1 saturated heterocycles. The highest BCUT2D eigenvalue weighted by Gasteiger charge is 2.26. The van der Waals surface area contributed by atoms with Crippen LogP contribution in [0.2, 0.25) is 0 Å². The second-order valence-electron chi connectivity index (χ2n) is 4.47. The summed E-state index contributed by atoms with van der Waals surface area (Å²) in [7, 11) is 0. The van der Waals surface area contributed by atoms with Crippen LogP contribution in [-0.2, 0) is 0 Å². The Labute approximate surface area is 136 Å². The molecule has 0 aliphatic carbocycles. The molecule has 0 spiro atoms. The molecular weight excluding hydrogens is 397 g/mol. The molecule has 1 aliphatic rings. The van der Waals surface area contributed by atoms with Gasteiger partial charge in [-0.05, 0) is 35.6 Å². The van der Waals surface area contributed by atoms with Crippen molar-refractivity contribution < 1.29 is 9.72 Å². The fourth-order valence-corrected chi connectivity index (χ4v) is 2.82. The summed E-state index contributed by atoms with van der Waals surface area (Å²) >= 11 is 1.97. The topological polar surface area (TPSA) is 75.5 Å². The Hall–Kier alpha value is -0.930. The van der Waals surface area contributed by atoms with Gasteiger partial charge in [-0.1, -0.05) is 0 Å². The highest BCUT2D eigenvalue weighted by Crippen LogP contribution is 2.22. The van der Waals surface area contributed by atoms with Gasteiger partial charge in [0.25, 0.3) is 11.6 Å². The number of halogens is 2. The van der Waals surface area contributed by atoms with Crippen LogP contribution in [0.5, 0.6) is 0 Å². The first-order valence-electron chi connectivity index (χ1n) is 5.96. The average molecular weight is 412 g/mol. The zero-order chi connectivity index (χ0) is 14.0. The number of nitro groups is 1. The Kier molecular flexibility index (Phi) is 6.15. The second kappa shape index (κ2) is 7.19. The summed E-state index contributed by atoms with van der Waals surface area (Å²) in [5, 5.41) is 13.9. The molecule has 1 fully saturated rings. The molecule has 20 heavy (non-hydrogen) atoms. The molecule has 0 aromatic heterocycles. The number of non-ortho nitro benzene ring substituents is 1. The standard InChI is InChI=1S/C12H14IN3O3.ClH/c1-8-7-14-4-5-15(8)12(17)10-3-2-9(16(18)19)6-11(10)13;/h2-3,6,8,14H,4-5,7H2,1H3;1H. The number of carbonyl (C=O) groups is 1. The minimum Gasteiger partial charge on any atom is -0.333 e. The van der Waals surface area contributed by atoms with E-state index in [4.69, 9.17) is 0 Å². The molecule has 0 bridgehead atoms. The number of amides is 1. The van der Waals surface area contributed by atoms with Gasteiger partial charge in [0.05, 0.1) is 10.5 Å². The van der Waals surface area contributed by atoms with E-state index in [9.17, 15) is 14.9 Å². The predicted octanol–water partition coefficient (Wildman–Crippen LogP) is 2.06. The molecule has 0 saturated carbocycles. The van der Waals surface area contributed by atoms with Gasteiger partial charge in [-0.25, -0.2) is 0 Å². The Balaban J connectivity index is 0.00000200. The summed E-state index contributed by atoms with van der Waals surface area (Å²) in [5.74, 6) is -0.0618. The fraction of sp³-hybridized carbons (Fsp3) is 0.417. The molecule has 1 unspecified atom stereocenters. The number of nitro benzene ring substituents is 1. The van der Waals surface area contributed by atoms with E-state index in [2.05, 4.69) is 5.32 Å². The summed E-state index contributed by atoms with van der Waals surface area (Å²) in [4.78, 5) is 24.5. The molecule has 1 aromatic carbocycles. The van der Waals surface area contributed by atoms with Gasteiger partial charge in [-0.15, -0.1) is 12.4 Å². The minimum atomic E-state index is -0.455. The third-order valence-corrected chi connectivity index (χ3v) is 4.05. The molecule has 1 heterocycles. The van der Waals surface area contributed by atoms with Crippen LogP contribution in [0.3, 0.4) is 0 Å². The van der Waals surface area contributed by atoms with Crippen LogP contribution in [0.1, 0.15) is 17.3 Å². The van der Waals surface area contributed by atoms with Crippen molar-refractivity contribution in [2.75, 3.05) is 19.6 Å². The maximum Gasteiger partial charge on any atom is 0.270 e. The van der Waals surface area contributed by atoms with Crippen molar-refractivity contribution in [1.82, 2.24) is 10.2 Å². The molecule has 1 atom stereocenters. The lowest BCUT2D eigenvalue weighted by Gasteiger charge is -2.34. The van der Waals surface area contributed by atoms with Crippen LogP contribution >= 0.6 is 35.0 Å². The van der Waals surface area contributed by atoms with Crippen LogP contribution in [-0.4, -0.2) is 41.4 Å². The highest BCUT2D eigenvalue weighted by molar-refractivity contribution is 14.1. The normalized spacial score (nSPS) is 18.3. The highest BCUT2D eigenvalue weighted by atomic mass is 127. The zero-order valence-electron chi connectivity index (χ0n) is 10.8. The first-order valence-corrected chi connectivity index (χ1v) is 7.04. The van der Waals surface area contributed by atoms with Gasteiger partial charge in [0.2, 0.25) is 0 Å². The molecule has 8 heteroatoms. The summed E-state index contributed by atoms with van der Waals surface area (Å²) in [6, 6.07) is 4.48. The fourth-order valence-electron chi connectivity index (χ4n) is 2.09. The molecular formula is C12H15ClIN3O3. The molecule has 2 rings (SSSR count). The quantitative estimate of drug-likeness (QED) is 0.459. The number of hydrogen-bond donors (Lipinski definition) is 1. The maximum absolute atomic E-state index is 12.4. The number of rotatable bonds is 2. The monoisotopic (exact) mass is 411 g/mol. The Morgan fingerprint density at radius 1 is 1.55 bits per heavy atom. The molecule has 1 amide bonds. The maximum atomic E-state index is 12.4. The lowest BCUT2D eigenvalue weighted by molar-refractivity contribution is -0.384. The summed E-state index contributed by atoms with van der Waals surface area (Å²) in [6.45, 7) is 4.20. The molecule has 1 N–H and O–H groups in total. The average Bonchev–Trinajstić information content (AvgIpc) is 2.38. The molecule has 0 radical (unpaired) electrons. The van der Waals surface area contributed by atoms with Crippen molar-refractivity contribution in [1.29, 1.82) is 0 Å². The van der Waals surface area contributed by atoms with E-state index in [0.717, 1.165) is 13.1 Å². The van der Waals surface area contributed by atoms with Crippen molar-refractivity contribution in [3.8, 4) is 0 Å². The van der Waals surface area contributed by atoms with Crippen molar-refractivity contribution in [2.24, 2.45) is 0 Å². The number of benzene rings is 1. The van der Waals surface area contributed by atoms with Crippen LogP contribution in [0.4, 0.5) is 5.69 Å². The van der Waals surface area contributed by atoms with Crippen molar-refractivity contribution in [2.45, 2.75) is 13.0 Å². The van der Waals surface area contributed by atoms with E-state index in [1.807, 2.05) is 29.5 Å². The van der Waals surface area contributed by atoms with Gasteiger partial charge < -0.3 is 10.2 Å². The number of nitrogens with one attached hydrogen (secondary N) is 1.